The largest absolute Gasteiger partial charge is 0.497 e. The monoisotopic (exact) mass is 565 g/mol. The number of nitrogens with zero attached hydrogens (tertiary/aromatic N) is 2. The molecule has 0 fully saturated rings. The first-order valence-corrected chi connectivity index (χ1v) is 14.8. The van der Waals surface area contributed by atoms with Crippen molar-refractivity contribution in [3.05, 3.63) is 89.5 Å². The van der Waals surface area contributed by atoms with Crippen LogP contribution in [0.25, 0.3) is 0 Å². The Kier molecular flexibility index (Phi) is 10.3. The topological polar surface area (TPSA) is 96.0 Å². The van der Waals surface area contributed by atoms with E-state index in [9.17, 15) is 18.0 Å². The second-order valence-corrected chi connectivity index (χ2v) is 12.0. The van der Waals surface area contributed by atoms with E-state index in [2.05, 4.69) is 5.32 Å². The van der Waals surface area contributed by atoms with Crippen LogP contribution in [0, 0.1) is 13.8 Å². The first kappa shape index (κ1) is 30.7. The highest BCUT2D eigenvalue weighted by atomic mass is 32.2. The second kappa shape index (κ2) is 13.5. The van der Waals surface area contributed by atoms with E-state index in [0.717, 1.165) is 21.0 Å². The van der Waals surface area contributed by atoms with Crippen LogP contribution in [0.5, 0.6) is 5.75 Å². The minimum atomic E-state index is -4.10. The predicted molar refractivity (Wildman–Crippen MR) is 158 cm³/mol. The summed E-state index contributed by atoms with van der Waals surface area (Å²) in [5.74, 6) is -0.109. The molecule has 9 heteroatoms. The molecule has 1 N–H and O–H groups in total. The molecule has 40 heavy (non-hydrogen) atoms. The van der Waals surface area contributed by atoms with Gasteiger partial charge in [-0.05, 0) is 81.6 Å². The first-order valence-electron chi connectivity index (χ1n) is 13.3. The molecule has 0 heterocycles. The maximum atomic E-state index is 14.1. The maximum absolute atomic E-state index is 14.1. The van der Waals surface area contributed by atoms with E-state index in [4.69, 9.17) is 4.74 Å². The normalized spacial score (nSPS) is 12.1. The van der Waals surface area contributed by atoms with Gasteiger partial charge in [-0.1, -0.05) is 48.9 Å². The van der Waals surface area contributed by atoms with Gasteiger partial charge in [0, 0.05) is 12.6 Å². The van der Waals surface area contributed by atoms with E-state index in [-0.39, 0.29) is 23.4 Å². The molecule has 3 aromatic rings. The molecule has 0 aromatic heterocycles. The highest BCUT2D eigenvalue weighted by Gasteiger charge is 2.33. The number of hydrogen-bond donors (Lipinski definition) is 1. The van der Waals surface area contributed by atoms with Crippen LogP contribution < -0.4 is 14.4 Å². The lowest BCUT2D eigenvalue weighted by Gasteiger charge is -2.33. The van der Waals surface area contributed by atoms with Crippen LogP contribution in [-0.4, -0.2) is 50.9 Å². The van der Waals surface area contributed by atoms with Crippen LogP contribution >= 0.6 is 0 Å². The van der Waals surface area contributed by atoms with Gasteiger partial charge in [0.05, 0.1) is 17.7 Å². The summed E-state index contributed by atoms with van der Waals surface area (Å²) in [5.41, 5.74) is 2.93. The van der Waals surface area contributed by atoms with Crippen LogP contribution in [0.4, 0.5) is 5.69 Å². The zero-order valence-corrected chi connectivity index (χ0v) is 24.9. The fourth-order valence-electron chi connectivity index (χ4n) is 4.38. The molecule has 214 valence electrons. The average Bonchev–Trinajstić information content (AvgIpc) is 2.91. The smallest absolute Gasteiger partial charge is 0.264 e. The van der Waals surface area contributed by atoms with Crippen LogP contribution in [0.2, 0.25) is 0 Å². The summed E-state index contributed by atoms with van der Waals surface area (Å²) in [6.07, 6.45) is 0.357. The number of hydrogen-bond acceptors (Lipinski definition) is 5. The number of anilines is 1. The quantitative estimate of drug-likeness (QED) is 0.339. The van der Waals surface area contributed by atoms with E-state index >= 15 is 0 Å². The Hall–Kier alpha value is -3.85. The van der Waals surface area contributed by atoms with Crippen molar-refractivity contribution in [1.29, 1.82) is 0 Å². The molecular weight excluding hydrogens is 526 g/mol. The van der Waals surface area contributed by atoms with E-state index in [0.29, 0.717) is 17.9 Å². The lowest BCUT2D eigenvalue weighted by atomic mass is 10.1. The number of nitrogens with one attached hydrogen (secondary N) is 1. The average molecular weight is 566 g/mol. The van der Waals surface area contributed by atoms with E-state index in [1.807, 2.05) is 52.8 Å². The second-order valence-electron chi connectivity index (χ2n) is 10.1. The Morgan fingerprint density at radius 2 is 1.57 bits per heavy atom. The zero-order chi connectivity index (χ0) is 29.4. The Balaban J connectivity index is 2.06. The van der Waals surface area contributed by atoms with Crippen molar-refractivity contribution < 1.29 is 22.7 Å². The predicted octanol–water partition coefficient (Wildman–Crippen LogP) is 4.84. The molecule has 0 aliphatic rings. The number of sulfonamides is 1. The fourth-order valence-corrected chi connectivity index (χ4v) is 5.78. The summed E-state index contributed by atoms with van der Waals surface area (Å²) in [7, 11) is -2.53. The first-order chi connectivity index (χ1) is 19.0. The number of carbonyl (C=O) groups excluding carboxylic acids is 2. The van der Waals surface area contributed by atoms with Crippen molar-refractivity contribution in [2.75, 3.05) is 18.0 Å². The van der Waals surface area contributed by atoms with Crippen molar-refractivity contribution >= 4 is 27.5 Å². The molecule has 8 nitrogen and oxygen atoms in total. The number of amides is 2. The minimum Gasteiger partial charge on any atom is -0.497 e. The van der Waals surface area contributed by atoms with E-state index < -0.39 is 28.5 Å². The number of rotatable bonds is 12. The molecule has 1 atom stereocenters. The van der Waals surface area contributed by atoms with Gasteiger partial charge in [-0.2, -0.15) is 0 Å². The van der Waals surface area contributed by atoms with Crippen LogP contribution in [0.15, 0.2) is 77.7 Å². The highest BCUT2D eigenvalue weighted by molar-refractivity contribution is 7.92. The van der Waals surface area contributed by atoms with E-state index in [1.165, 1.54) is 17.0 Å². The number of ether oxygens (including phenoxy) is 1. The van der Waals surface area contributed by atoms with Gasteiger partial charge in [-0.15, -0.1) is 0 Å². The van der Waals surface area contributed by atoms with Gasteiger partial charge in [0.15, 0.2) is 0 Å². The van der Waals surface area contributed by atoms with Crippen molar-refractivity contribution in [3.8, 4) is 5.75 Å². The van der Waals surface area contributed by atoms with Gasteiger partial charge in [-0.25, -0.2) is 8.42 Å². The number of aryl methyl sites for hydroxylation is 2. The fraction of sp³-hybridized carbons (Fsp3) is 0.355. The third kappa shape index (κ3) is 7.63. The Morgan fingerprint density at radius 3 is 2.12 bits per heavy atom. The van der Waals surface area contributed by atoms with E-state index in [1.54, 1.807) is 49.6 Å². The maximum Gasteiger partial charge on any atom is 0.264 e. The van der Waals surface area contributed by atoms with Crippen molar-refractivity contribution in [2.45, 2.75) is 64.6 Å². The number of carbonyl (C=O) groups is 2. The molecule has 0 aliphatic carbocycles. The lowest BCUT2D eigenvalue weighted by Crippen LogP contribution is -2.53. The molecule has 0 spiro atoms. The highest BCUT2D eigenvalue weighted by Crippen LogP contribution is 2.26. The summed E-state index contributed by atoms with van der Waals surface area (Å²) < 4.78 is 34.2. The number of methoxy groups -OCH3 is 1. The minimum absolute atomic E-state index is 0.0821. The SMILES string of the molecule is CCC(C(=O)NC(C)C)N(Cc1ccc(OC)cc1)C(=O)CN(c1cccc(C)c1)S(=O)(=O)c1ccc(C)cc1. The number of benzene rings is 3. The van der Waals surface area contributed by atoms with Gasteiger partial charge in [-0.3, -0.25) is 13.9 Å². The molecule has 0 radical (unpaired) electrons. The summed E-state index contributed by atoms with van der Waals surface area (Å²) in [5, 5.41) is 2.90. The Bertz CT molecular complexity index is 1400. The zero-order valence-electron chi connectivity index (χ0n) is 24.0. The summed E-state index contributed by atoms with van der Waals surface area (Å²) in [6, 6.07) is 19.9. The summed E-state index contributed by atoms with van der Waals surface area (Å²) in [4.78, 5) is 28.8. The van der Waals surface area contributed by atoms with Crippen molar-refractivity contribution in [1.82, 2.24) is 10.2 Å². The van der Waals surface area contributed by atoms with Crippen LogP contribution in [-0.2, 0) is 26.2 Å². The van der Waals surface area contributed by atoms with Gasteiger partial charge in [0.2, 0.25) is 11.8 Å². The third-order valence-electron chi connectivity index (χ3n) is 6.51. The molecular formula is C31H39N3O5S. The molecule has 0 saturated carbocycles. The summed E-state index contributed by atoms with van der Waals surface area (Å²) in [6.45, 7) is 8.94. The molecule has 0 bridgehead atoms. The standard InChI is InChI=1S/C31H39N3O5S/c1-7-29(31(36)32-22(2)3)33(20-25-13-15-27(39-6)16-14-25)30(35)21-34(26-10-8-9-24(5)19-26)40(37,38)28-17-11-23(4)12-18-28/h8-19,22,29H,7,20-21H2,1-6H3,(H,32,36). The molecule has 1 unspecified atom stereocenters. The lowest BCUT2D eigenvalue weighted by molar-refractivity contribution is -0.140. The molecule has 0 saturated heterocycles. The van der Waals surface area contributed by atoms with Gasteiger partial charge >= 0.3 is 0 Å². The molecule has 3 rings (SSSR count). The molecule has 3 aromatic carbocycles. The van der Waals surface area contributed by atoms with Crippen molar-refractivity contribution in [2.24, 2.45) is 0 Å². The molecule has 2 amide bonds. The molecule has 0 aliphatic heterocycles. The Morgan fingerprint density at radius 1 is 0.925 bits per heavy atom. The Labute approximate surface area is 238 Å². The van der Waals surface area contributed by atoms with Gasteiger partial charge < -0.3 is 15.0 Å². The van der Waals surface area contributed by atoms with Gasteiger partial charge in [0.25, 0.3) is 10.0 Å². The summed E-state index contributed by atoms with van der Waals surface area (Å²) >= 11 is 0. The third-order valence-corrected chi connectivity index (χ3v) is 8.29. The van der Waals surface area contributed by atoms with Crippen LogP contribution in [0.1, 0.15) is 43.9 Å². The van der Waals surface area contributed by atoms with Gasteiger partial charge in [0.1, 0.15) is 18.3 Å². The van der Waals surface area contributed by atoms with Crippen LogP contribution in [0.3, 0.4) is 0 Å². The van der Waals surface area contributed by atoms with Crippen molar-refractivity contribution in [3.63, 3.8) is 0 Å².